The van der Waals surface area contributed by atoms with Crippen molar-refractivity contribution in [3.8, 4) is 0 Å². The summed E-state index contributed by atoms with van der Waals surface area (Å²) in [5.41, 5.74) is 22.1. The molecule has 0 bridgehead atoms. The van der Waals surface area contributed by atoms with Gasteiger partial charge in [-0.3, -0.25) is 0 Å². The van der Waals surface area contributed by atoms with Gasteiger partial charge in [0.05, 0.1) is 11.1 Å². The van der Waals surface area contributed by atoms with E-state index in [0.717, 1.165) is 12.8 Å². The Kier molecular flexibility index (Phi) is 7.62. The average Bonchev–Trinajstić information content (AvgIpc) is 3.60. The Morgan fingerprint density at radius 1 is 0.500 bits per heavy atom. The number of hydrogen-bond acceptors (Lipinski definition) is 3. The maximum Gasteiger partial charge on any atom is 0.252 e. The molecule has 0 N–H and O–H groups in total. The van der Waals surface area contributed by atoms with Gasteiger partial charge < -0.3 is 14.7 Å². The van der Waals surface area contributed by atoms with Crippen LogP contribution in [-0.2, 0) is 33.6 Å². The lowest BCUT2D eigenvalue weighted by Gasteiger charge is -2.54. The molecule has 6 aromatic carbocycles. The number of aryl methyl sites for hydroxylation is 1. The molecule has 62 heavy (non-hydrogen) atoms. The maximum absolute atomic E-state index is 2.93. The fourth-order valence-electron chi connectivity index (χ4n) is 13.9. The van der Waals surface area contributed by atoms with E-state index in [4.69, 9.17) is 0 Å². The zero-order chi connectivity index (χ0) is 42.9. The first-order chi connectivity index (χ1) is 29.5. The van der Waals surface area contributed by atoms with Crippen LogP contribution in [0.1, 0.15) is 135 Å². The molecule has 1 saturated carbocycles. The number of fused-ring (bicyclic) bond motifs is 12. The lowest BCUT2D eigenvalue weighted by molar-refractivity contribution is 0.195. The first kappa shape index (κ1) is 38.5. The minimum atomic E-state index is -0.321. The van der Waals surface area contributed by atoms with Gasteiger partial charge in [-0.25, -0.2) is 0 Å². The molecule has 4 heterocycles. The molecule has 312 valence electrons. The van der Waals surface area contributed by atoms with Gasteiger partial charge in [-0.15, -0.1) is 0 Å². The molecule has 4 atom stereocenters. The summed E-state index contributed by atoms with van der Waals surface area (Å²) in [5.74, 6) is 0. The molecule has 0 amide bonds. The Bertz CT molecular complexity index is 2880. The van der Waals surface area contributed by atoms with Gasteiger partial charge in [0, 0.05) is 50.6 Å². The van der Waals surface area contributed by atoms with Gasteiger partial charge in [0.25, 0.3) is 6.71 Å². The summed E-state index contributed by atoms with van der Waals surface area (Å²) < 4.78 is 0. The van der Waals surface area contributed by atoms with Crippen molar-refractivity contribution in [2.75, 3.05) is 14.7 Å². The number of rotatable bonds is 2. The second-order valence-electron chi connectivity index (χ2n) is 22.8. The first-order valence-electron chi connectivity index (χ1n) is 23.7. The number of nitrogens with zero attached hydrogens (tertiary/aromatic N) is 3. The van der Waals surface area contributed by atoms with E-state index in [0.29, 0.717) is 0 Å². The van der Waals surface area contributed by atoms with Crippen molar-refractivity contribution in [3.63, 3.8) is 0 Å². The van der Waals surface area contributed by atoms with Gasteiger partial charge in [0.2, 0.25) is 0 Å². The highest BCUT2D eigenvalue weighted by atomic mass is 15.3. The van der Waals surface area contributed by atoms with Crippen LogP contribution in [0.25, 0.3) is 0 Å². The number of para-hydroxylation sites is 2. The summed E-state index contributed by atoms with van der Waals surface area (Å²) in [6.07, 6.45) is 7.12. The molecule has 0 radical (unpaired) electrons. The van der Waals surface area contributed by atoms with Gasteiger partial charge in [0.1, 0.15) is 0 Å². The molecule has 1 fully saturated rings. The Balaban J connectivity index is 1.22. The van der Waals surface area contributed by atoms with Crippen LogP contribution in [0.3, 0.4) is 0 Å². The zero-order valence-electron chi connectivity index (χ0n) is 38.7. The minimum absolute atomic E-state index is 0.0159. The summed E-state index contributed by atoms with van der Waals surface area (Å²) >= 11 is 0. The third kappa shape index (κ3) is 4.64. The topological polar surface area (TPSA) is 9.72 Å². The lowest BCUT2D eigenvalue weighted by Crippen LogP contribution is -2.64. The van der Waals surface area contributed by atoms with Crippen molar-refractivity contribution in [2.45, 2.75) is 141 Å². The molecule has 2 aliphatic carbocycles. The smallest absolute Gasteiger partial charge is 0.252 e. The van der Waals surface area contributed by atoms with Crippen LogP contribution in [-0.4, -0.2) is 12.3 Å². The summed E-state index contributed by atoms with van der Waals surface area (Å²) in [5, 5.41) is 0. The monoisotopic (exact) mass is 812 g/mol. The van der Waals surface area contributed by atoms with Crippen molar-refractivity contribution >= 4 is 62.9 Å². The molecule has 4 heteroatoms. The Morgan fingerprint density at radius 3 is 1.95 bits per heavy atom. The fraction of sp³-hybridized carbons (Fsp3) is 0.379. The van der Waals surface area contributed by atoms with Crippen LogP contribution in [0.4, 0.5) is 39.8 Å². The van der Waals surface area contributed by atoms with Crippen LogP contribution < -0.4 is 31.1 Å². The van der Waals surface area contributed by atoms with E-state index >= 15 is 0 Å². The predicted octanol–water partition coefficient (Wildman–Crippen LogP) is 12.9. The SMILES string of the molecule is CC(C)(C)c1cc2c3c(c1)C1(C)CCCCC1(C)N3c1cc(N3c4ccc(C(C)(C)C)cc4C4(C)CCc5ccccc5C34C)cc3c1B2c1ccccc1N3c1ccccc1. The van der Waals surface area contributed by atoms with E-state index in [1.807, 2.05) is 0 Å². The molecule has 3 nitrogen and oxygen atoms in total. The number of benzene rings is 6. The van der Waals surface area contributed by atoms with Gasteiger partial charge in [-0.2, -0.15) is 0 Å². The standard InChI is InChI=1S/C58H62BN3/c1-53(2,3)38-26-27-47-43(32-38)56(8)31-28-37-20-14-15-23-42(37)58(56,10)61(47)41-35-49-51-50(36-41)62-52-44(55(7)29-18-19-30-57(55,62)9)33-39(54(4,5)6)34-46(52)59(51)45-24-16-17-25-48(45)60(49)40-21-12-11-13-22-40/h11-17,20-27,32-36H,18-19,28-31H2,1-10H3. The quantitative estimate of drug-likeness (QED) is 0.161. The summed E-state index contributed by atoms with van der Waals surface area (Å²) in [6, 6.07) is 48.0. The average molecular weight is 812 g/mol. The van der Waals surface area contributed by atoms with Crippen LogP contribution in [0.5, 0.6) is 0 Å². The predicted molar refractivity (Wildman–Crippen MR) is 264 cm³/mol. The fourth-order valence-corrected chi connectivity index (χ4v) is 13.9. The van der Waals surface area contributed by atoms with E-state index in [2.05, 4.69) is 205 Å². The normalized spacial score (nSPS) is 26.3. The maximum atomic E-state index is 2.93. The van der Waals surface area contributed by atoms with Crippen LogP contribution >= 0.6 is 0 Å². The van der Waals surface area contributed by atoms with Crippen LogP contribution in [0.2, 0.25) is 0 Å². The molecule has 6 aliphatic rings. The second-order valence-corrected chi connectivity index (χ2v) is 22.8. The largest absolute Gasteiger partial charge is 0.335 e. The third-order valence-corrected chi connectivity index (χ3v) is 17.7. The van der Waals surface area contributed by atoms with E-state index < -0.39 is 0 Å². The Morgan fingerprint density at radius 2 is 1.18 bits per heavy atom. The van der Waals surface area contributed by atoms with E-state index in [9.17, 15) is 0 Å². The minimum Gasteiger partial charge on any atom is -0.335 e. The molecule has 4 aliphatic heterocycles. The molecule has 0 spiro atoms. The summed E-state index contributed by atoms with van der Waals surface area (Å²) in [4.78, 5) is 8.36. The molecule has 4 unspecified atom stereocenters. The van der Waals surface area contributed by atoms with Gasteiger partial charge in [0.15, 0.2) is 0 Å². The van der Waals surface area contributed by atoms with Crippen molar-refractivity contribution in [3.05, 3.63) is 155 Å². The molecule has 6 aromatic rings. The van der Waals surface area contributed by atoms with Crippen molar-refractivity contribution in [2.24, 2.45) is 0 Å². The van der Waals surface area contributed by atoms with Gasteiger partial charge >= 0.3 is 0 Å². The van der Waals surface area contributed by atoms with E-state index in [1.54, 1.807) is 5.56 Å². The molecular formula is C58H62BN3. The Hall–Kier alpha value is -5.22. The van der Waals surface area contributed by atoms with Gasteiger partial charge in [-0.05, 0) is 137 Å². The first-order valence-corrected chi connectivity index (χ1v) is 23.7. The van der Waals surface area contributed by atoms with Crippen LogP contribution in [0.15, 0.2) is 121 Å². The van der Waals surface area contributed by atoms with Crippen LogP contribution in [0, 0.1) is 0 Å². The van der Waals surface area contributed by atoms with E-state index in [1.165, 1.54) is 110 Å². The van der Waals surface area contributed by atoms with Gasteiger partial charge in [-0.1, -0.05) is 153 Å². The highest BCUT2D eigenvalue weighted by Crippen LogP contribution is 2.66. The number of anilines is 7. The third-order valence-electron chi connectivity index (χ3n) is 17.7. The summed E-state index contributed by atoms with van der Waals surface area (Å²) in [6.45, 7) is 24.9. The highest BCUT2D eigenvalue weighted by molar-refractivity contribution is 7.00. The molecule has 0 aromatic heterocycles. The molecular weight excluding hydrogens is 749 g/mol. The molecule has 12 rings (SSSR count). The zero-order valence-corrected chi connectivity index (χ0v) is 38.7. The van der Waals surface area contributed by atoms with Crippen molar-refractivity contribution in [1.29, 1.82) is 0 Å². The van der Waals surface area contributed by atoms with Crippen molar-refractivity contribution < 1.29 is 0 Å². The highest BCUT2D eigenvalue weighted by Gasteiger charge is 2.63. The number of hydrogen-bond donors (Lipinski definition) is 0. The summed E-state index contributed by atoms with van der Waals surface area (Å²) in [7, 11) is 0. The van der Waals surface area contributed by atoms with Crippen molar-refractivity contribution in [1.82, 2.24) is 0 Å². The molecule has 0 saturated heterocycles. The Labute approximate surface area is 371 Å². The lowest BCUT2D eigenvalue weighted by atomic mass is 9.33. The van der Waals surface area contributed by atoms with E-state index in [-0.39, 0.29) is 39.5 Å². The second kappa shape index (κ2) is 12.3.